The van der Waals surface area contributed by atoms with E-state index in [9.17, 15) is 0 Å². The van der Waals surface area contributed by atoms with Gasteiger partial charge in [-0.1, -0.05) is 61.8 Å². The van der Waals surface area contributed by atoms with Gasteiger partial charge in [0, 0.05) is 0 Å². The molecule has 1 aliphatic rings. The predicted molar refractivity (Wildman–Crippen MR) is 73.6 cm³/mol. The SMILES string of the molecule is CCC1(CC(C)(C)C)CC(C)(C)C(C)(C)C1. The Balaban J connectivity index is 2.95. The Bertz CT molecular complexity index is 234. The number of hydrogen-bond donors (Lipinski definition) is 0. The highest BCUT2D eigenvalue weighted by Gasteiger charge is 2.53. The lowest BCUT2D eigenvalue weighted by atomic mass is 9.69. The largest absolute Gasteiger partial charge is 0.0649 e. The fourth-order valence-electron chi connectivity index (χ4n) is 4.04. The van der Waals surface area contributed by atoms with Crippen LogP contribution < -0.4 is 0 Å². The van der Waals surface area contributed by atoms with Crippen molar-refractivity contribution in [3.8, 4) is 0 Å². The predicted octanol–water partition coefficient (Wildman–Crippen LogP) is 5.67. The van der Waals surface area contributed by atoms with Gasteiger partial charge in [0.1, 0.15) is 0 Å². The molecule has 0 heteroatoms. The van der Waals surface area contributed by atoms with E-state index in [-0.39, 0.29) is 0 Å². The first-order chi connectivity index (χ1) is 6.93. The molecule has 0 heterocycles. The minimum Gasteiger partial charge on any atom is -0.0649 e. The Labute approximate surface area is 103 Å². The monoisotopic (exact) mass is 224 g/mol. The van der Waals surface area contributed by atoms with Gasteiger partial charge in [-0.15, -0.1) is 0 Å². The molecule has 1 aliphatic carbocycles. The summed E-state index contributed by atoms with van der Waals surface area (Å²) >= 11 is 0. The van der Waals surface area contributed by atoms with E-state index in [1.807, 2.05) is 0 Å². The molecule has 16 heavy (non-hydrogen) atoms. The molecule has 0 bridgehead atoms. The maximum absolute atomic E-state index is 2.47. The van der Waals surface area contributed by atoms with E-state index in [1.165, 1.54) is 25.7 Å². The molecular formula is C16H32. The molecule has 96 valence electrons. The van der Waals surface area contributed by atoms with Gasteiger partial charge >= 0.3 is 0 Å². The van der Waals surface area contributed by atoms with Crippen molar-refractivity contribution in [2.45, 2.75) is 81.1 Å². The minimum absolute atomic E-state index is 0.465. The van der Waals surface area contributed by atoms with E-state index in [0.717, 1.165) is 0 Å². The Kier molecular flexibility index (Phi) is 3.30. The number of hydrogen-bond acceptors (Lipinski definition) is 0. The third-order valence-electron chi connectivity index (χ3n) is 5.12. The van der Waals surface area contributed by atoms with Gasteiger partial charge in [-0.3, -0.25) is 0 Å². The molecule has 1 rings (SSSR count). The summed E-state index contributed by atoms with van der Waals surface area (Å²) < 4.78 is 0. The molecule has 0 spiro atoms. The molecule has 0 unspecified atom stereocenters. The van der Waals surface area contributed by atoms with Gasteiger partial charge in [-0.25, -0.2) is 0 Å². The summed E-state index contributed by atoms with van der Waals surface area (Å²) in [5.41, 5.74) is 2.04. The van der Waals surface area contributed by atoms with E-state index in [0.29, 0.717) is 21.7 Å². The lowest BCUT2D eigenvalue weighted by Gasteiger charge is -2.36. The van der Waals surface area contributed by atoms with E-state index < -0.39 is 0 Å². The van der Waals surface area contributed by atoms with Crippen LogP contribution in [0.5, 0.6) is 0 Å². The van der Waals surface area contributed by atoms with Gasteiger partial charge in [0.15, 0.2) is 0 Å². The summed E-state index contributed by atoms with van der Waals surface area (Å²) in [5, 5.41) is 0. The fraction of sp³-hybridized carbons (Fsp3) is 1.00. The molecule has 0 aromatic rings. The van der Waals surface area contributed by atoms with Crippen molar-refractivity contribution in [2.24, 2.45) is 21.7 Å². The van der Waals surface area contributed by atoms with Crippen LogP contribution in [0.4, 0.5) is 0 Å². The number of rotatable bonds is 2. The van der Waals surface area contributed by atoms with Crippen molar-refractivity contribution in [2.75, 3.05) is 0 Å². The van der Waals surface area contributed by atoms with Crippen molar-refractivity contribution in [3.05, 3.63) is 0 Å². The Hall–Kier alpha value is 0. The summed E-state index contributed by atoms with van der Waals surface area (Å²) in [4.78, 5) is 0. The first-order valence-corrected chi connectivity index (χ1v) is 6.93. The first kappa shape index (κ1) is 14.1. The van der Waals surface area contributed by atoms with Crippen molar-refractivity contribution >= 4 is 0 Å². The topological polar surface area (TPSA) is 0 Å². The second kappa shape index (κ2) is 3.75. The van der Waals surface area contributed by atoms with Crippen LogP contribution in [0.15, 0.2) is 0 Å². The molecule has 0 N–H and O–H groups in total. The second-order valence-electron chi connectivity index (χ2n) is 8.71. The third kappa shape index (κ3) is 2.63. The van der Waals surface area contributed by atoms with E-state index in [2.05, 4.69) is 55.4 Å². The normalized spacial score (nSPS) is 27.0. The summed E-state index contributed by atoms with van der Waals surface area (Å²) in [7, 11) is 0. The van der Waals surface area contributed by atoms with Crippen LogP contribution in [0.1, 0.15) is 81.1 Å². The molecule has 0 saturated heterocycles. The summed E-state index contributed by atoms with van der Waals surface area (Å²) in [5.74, 6) is 0. The van der Waals surface area contributed by atoms with Crippen LogP contribution in [-0.2, 0) is 0 Å². The van der Waals surface area contributed by atoms with Crippen LogP contribution in [0.2, 0.25) is 0 Å². The third-order valence-corrected chi connectivity index (χ3v) is 5.12. The zero-order valence-electron chi connectivity index (χ0n) is 12.8. The molecular weight excluding hydrogens is 192 g/mol. The van der Waals surface area contributed by atoms with Crippen LogP contribution >= 0.6 is 0 Å². The van der Waals surface area contributed by atoms with E-state index in [1.54, 1.807) is 0 Å². The molecule has 1 fully saturated rings. The summed E-state index contributed by atoms with van der Waals surface area (Å²) in [6.07, 6.45) is 5.53. The minimum atomic E-state index is 0.465. The van der Waals surface area contributed by atoms with E-state index >= 15 is 0 Å². The van der Waals surface area contributed by atoms with Crippen molar-refractivity contribution in [1.29, 1.82) is 0 Å². The van der Waals surface area contributed by atoms with E-state index in [4.69, 9.17) is 0 Å². The van der Waals surface area contributed by atoms with Crippen molar-refractivity contribution < 1.29 is 0 Å². The highest BCUT2D eigenvalue weighted by atomic mass is 14.6. The standard InChI is InChI=1S/C16H32/c1-9-16(10-13(2,3)4)11-14(5,6)15(7,8)12-16/h9-12H2,1-8H3. The van der Waals surface area contributed by atoms with Gasteiger partial charge in [0.05, 0.1) is 0 Å². The first-order valence-electron chi connectivity index (χ1n) is 6.93. The van der Waals surface area contributed by atoms with Crippen LogP contribution in [0, 0.1) is 21.7 Å². The van der Waals surface area contributed by atoms with Crippen molar-refractivity contribution in [1.82, 2.24) is 0 Å². The Morgan fingerprint density at radius 3 is 1.50 bits per heavy atom. The molecule has 0 nitrogen and oxygen atoms in total. The lowest BCUT2D eigenvalue weighted by molar-refractivity contribution is 0.152. The average Bonchev–Trinajstić information content (AvgIpc) is 2.14. The quantitative estimate of drug-likeness (QED) is 0.567. The highest BCUT2D eigenvalue weighted by molar-refractivity contribution is 5.03. The maximum atomic E-state index is 2.47. The fourth-order valence-corrected chi connectivity index (χ4v) is 4.04. The van der Waals surface area contributed by atoms with Gasteiger partial charge in [-0.2, -0.15) is 0 Å². The van der Waals surface area contributed by atoms with Gasteiger partial charge in [-0.05, 0) is 40.9 Å². The lowest BCUT2D eigenvalue weighted by Crippen LogP contribution is -2.25. The second-order valence-corrected chi connectivity index (χ2v) is 8.71. The molecule has 0 atom stereocenters. The summed E-state index contributed by atoms with van der Waals surface area (Å²) in [6, 6.07) is 0. The van der Waals surface area contributed by atoms with Gasteiger partial charge < -0.3 is 0 Å². The van der Waals surface area contributed by atoms with Gasteiger partial charge in [0.25, 0.3) is 0 Å². The average molecular weight is 224 g/mol. The molecule has 0 radical (unpaired) electrons. The summed E-state index contributed by atoms with van der Waals surface area (Å²) in [6.45, 7) is 19.4. The van der Waals surface area contributed by atoms with Crippen molar-refractivity contribution in [3.63, 3.8) is 0 Å². The smallest absolute Gasteiger partial charge is 0.0285 e. The molecule has 0 amide bonds. The molecule has 1 saturated carbocycles. The van der Waals surface area contributed by atoms with Gasteiger partial charge in [0.2, 0.25) is 0 Å². The molecule has 0 aromatic carbocycles. The van der Waals surface area contributed by atoms with Crippen LogP contribution in [0.3, 0.4) is 0 Å². The zero-order valence-corrected chi connectivity index (χ0v) is 12.8. The molecule has 0 aromatic heterocycles. The maximum Gasteiger partial charge on any atom is -0.0285 e. The van der Waals surface area contributed by atoms with Crippen LogP contribution in [-0.4, -0.2) is 0 Å². The Morgan fingerprint density at radius 2 is 1.25 bits per heavy atom. The Morgan fingerprint density at radius 1 is 0.875 bits per heavy atom. The zero-order chi connectivity index (χ0) is 12.8. The molecule has 0 aliphatic heterocycles. The highest BCUT2D eigenvalue weighted by Crippen LogP contribution is 2.63. The van der Waals surface area contributed by atoms with Crippen LogP contribution in [0.25, 0.3) is 0 Å².